The fourth-order valence-electron chi connectivity index (χ4n) is 2.75. The van der Waals surface area contributed by atoms with E-state index in [-0.39, 0.29) is 17.6 Å². The van der Waals surface area contributed by atoms with Gasteiger partial charge in [-0.1, -0.05) is 13.3 Å². The summed E-state index contributed by atoms with van der Waals surface area (Å²) in [6.07, 6.45) is 1.77. The smallest absolute Gasteiger partial charge is 0.276 e. The van der Waals surface area contributed by atoms with Gasteiger partial charge in [-0.2, -0.15) is 5.10 Å². The zero-order valence-corrected chi connectivity index (χ0v) is 12.7. The number of amides is 1. The van der Waals surface area contributed by atoms with E-state index >= 15 is 0 Å². The van der Waals surface area contributed by atoms with Crippen molar-refractivity contribution in [1.29, 1.82) is 0 Å². The molecule has 1 aromatic rings. The first-order valence-corrected chi connectivity index (χ1v) is 7.14. The highest BCUT2D eigenvalue weighted by Crippen LogP contribution is 2.24. The highest BCUT2D eigenvalue weighted by Gasteiger charge is 2.35. The van der Waals surface area contributed by atoms with Crippen molar-refractivity contribution in [1.82, 2.24) is 15.1 Å². The van der Waals surface area contributed by atoms with Crippen molar-refractivity contribution in [3.63, 3.8) is 0 Å². The molecule has 0 aromatic carbocycles. The van der Waals surface area contributed by atoms with Gasteiger partial charge >= 0.3 is 0 Å². The number of nitrogens with zero attached hydrogens (tertiary/aromatic N) is 2. The molecule has 0 bridgehead atoms. The van der Waals surface area contributed by atoms with Crippen LogP contribution in [0.1, 0.15) is 50.3 Å². The summed E-state index contributed by atoms with van der Waals surface area (Å²) in [7, 11) is 0. The quantitative estimate of drug-likeness (QED) is 0.880. The van der Waals surface area contributed by atoms with Crippen LogP contribution >= 0.6 is 0 Å². The molecule has 1 saturated heterocycles. The molecule has 0 aliphatic carbocycles. The molecule has 2 heterocycles. The molecule has 1 unspecified atom stereocenters. The third kappa shape index (κ3) is 2.95. The molecule has 1 amide bonds. The molecule has 0 saturated carbocycles. The van der Waals surface area contributed by atoms with E-state index in [2.05, 4.69) is 17.1 Å². The van der Waals surface area contributed by atoms with Crippen LogP contribution in [0.15, 0.2) is 0 Å². The van der Waals surface area contributed by atoms with E-state index in [1.54, 1.807) is 4.90 Å². The standard InChI is InChI=1S/C14H24N4O2/c1-5-6-10-11(15)12(17-16-10)13(19)18-7-9(2)20-14(3,4)8-18/h9H,5-8,15H2,1-4H3,(H,16,17). The predicted molar refractivity (Wildman–Crippen MR) is 77.5 cm³/mol. The second-order valence-corrected chi connectivity index (χ2v) is 6.09. The van der Waals surface area contributed by atoms with Crippen LogP contribution in [0, 0.1) is 0 Å². The summed E-state index contributed by atoms with van der Waals surface area (Å²) < 4.78 is 5.81. The largest absolute Gasteiger partial charge is 0.395 e. The molecule has 1 fully saturated rings. The number of hydrogen-bond acceptors (Lipinski definition) is 4. The van der Waals surface area contributed by atoms with Gasteiger partial charge in [0, 0.05) is 13.1 Å². The van der Waals surface area contributed by atoms with Gasteiger partial charge in [-0.15, -0.1) is 0 Å². The third-order valence-corrected chi connectivity index (χ3v) is 3.44. The Morgan fingerprint density at radius 1 is 1.60 bits per heavy atom. The fourth-order valence-corrected chi connectivity index (χ4v) is 2.75. The number of carbonyl (C=O) groups is 1. The number of nitrogens with two attached hydrogens (primary N) is 1. The summed E-state index contributed by atoms with van der Waals surface area (Å²) in [5.41, 5.74) is 7.34. The summed E-state index contributed by atoms with van der Waals surface area (Å²) in [6, 6.07) is 0. The normalized spacial score (nSPS) is 22.0. The Labute approximate surface area is 119 Å². The molecule has 6 nitrogen and oxygen atoms in total. The van der Waals surface area contributed by atoms with Crippen molar-refractivity contribution in [3.8, 4) is 0 Å². The number of aromatic nitrogens is 2. The fraction of sp³-hybridized carbons (Fsp3) is 0.714. The average molecular weight is 280 g/mol. The minimum absolute atomic E-state index is 0.0120. The molecule has 1 aromatic heterocycles. The number of aryl methyl sites for hydroxylation is 1. The van der Waals surface area contributed by atoms with Crippen LogP contribution < -0.4 is 5.73 Å². The molecule has 112 valence electrons. The SMILES string of the molecule is CCCc1[nH]nc(C(=O)N2CC(C)OC(C)(C)C2)c1N. The number of ether oxygens (including phenoxy) is 1. The van der Waals surface area contributed by atoms with E-state index in [0.717, 1.165) is 18.5 Å². The Bertz CT molecular complexity index is 495. The minimum atomic E-state index is -0.343. The maximum atomic E-state index is 12.6. The number of aromatic amines is 1. The topological polar surface area (TPSA) is 84.2 Å². The number of H-pyrrole nitrogens is 1. The monoisotopic (exact) mass is 280 g/mol. The number of carbonyl (C=O) groups excluding carboxylic acids is 1. The van der Waals surface area contributed by atoms with Crippen molar-refractivity contribution in [2.75, 3.05) is 18.8 Å². The Hall–Kier alpha value is -1.56. The van der Waals surface area contributed by atoms with E-state index in [9.17, 15) is 4.79 Å². The molecule has 1 aliphatic heterocycles. The van der Waals surface area contributed by atoms with Gasteiger partial charge in [-0.3, -0.25) is 9.89 Å². The summed E-state index contributed by atoms with van der Waals surface area (Å²) >= 11 is 0. The maximum absolute atomic E-state index is 12.6. The van der Waals surface area contributed by atoms with Crippen LogP contribution in [0.3, 0.4) is 0 Å². The molecule has 20 heavy (non-hydrogen) atoms. The van der Waals surface area contributed by atoms with Crippen molar-refractivity contribution in [2.45, 2.75) is 52.2 Å². The van der Waals surface area contributed by atoms with Crippen LogP contribution in [0.4, 0.5) is 5.69 Å². The molecular formula is C14H24N4O2. The number of nitrogens with one attached hydrogen (secondary N) is 1. The van der Waals surface area contributed by atoms with Crippen molar-refractivity contribution >= 4 is 11.6 Å². The second kappa shape index (κ2) is 5.44. The number of nitrogen functional groups attached to an aromatic ring is 1. The molecule has 0 radical (unpaired) electrons. The van der Waals surface area contributed by atoms with Crippen molar-refractivity contribution in [3.05, 3.63) is 11.4 Å². The van der Waals surface area contributed by atoms with E-state index in [4.69, 9.17) is 10.5 Å². The van der Waals surface area contributed by atoms with Gasteiger partial charge in [-0.05, 0) is 27.2 Å². The highest BCUT2D eigenvalue weighted by atomic mass is 16.5. The first-order chi connectivity index (χ1) is 9.34. The number of anilines is 1. The summed E-state index contributed by atoms with van der Waals surface area (Å²) in [5, 5.41) is 6.97. The molecule has 6 heteroatoms. The maximum Gasteiger partial charge on any atom is 0.276 e. The number of hydrogen-bond donors (Lipinski definition) is 2. The molecule has 2 rings (SSSR count). The zero-order valence-electron chi connectivity index (χ0n) is 12.7. The lowest BCUT2D eigenvalue weighted by Crippen LogP contribution is -2.53. The van der Waals surface area contributed by atoms with Gasteiger partial charge < -0.3 is 15.4 Å². The minimum Gasteiger partial charge on any atom is -0.395 e. The Morgan fingerprint density at radius 2 is 2.30 bits per heavy atom. The molecule has 1 atom stereocenters. The predicted octanol–water partition coefficient (Wildman–Crippen LogP) is 1.58. The lowest BCUT2D eigenvalue weighted by Gasteiger charge is -2.41. The summed E-state index contributed by atoms with van der Waals surface area (Å²) in [5.74, 6) is -0.121. The van der Waals surface area contributed by atoms with Gasteiger partial charge in [0.25, 0.3) is 5.91 Å². The number of morpholine rings is 1. The highest BCUT2D eigenvalue weighted by molar-refractivity contribution is 5.97. The van der Waals surface area contributed by atoms with Gasteiger partial charge in [0.05, 0.1) is 23.1 Å². The molecule has 1 aliphatic rings. The third-order valence-electron chi connectivity index (χ3n) is 3.44. The molecule has 3 N–H and O–H groups in total. The van der Waals surface area contributed by atoms with Crippen molar-refractivity contribution in [2.24, 2.45) is 0 Å². The number of rotatable bonds is 3. The summed E-state index contributed by atoms with van der Waals surface area (Å²) in [4.78, 5) is 14.4. The van der Waals surface area contributed by atoms with Crippen LogP contribution in [-0.4, -0.2) is 45.8 Å². The van der Waals surface area contributed by atoms with E-state index in [1.165, 1.54) is 0 Å². The molecular weight excluding hydrogens is 256 g/mol. The van der Waals surface area contributed by atoms with E-state index < -0.39 is 0 Å². The second-order valence-electron chi connectivity index (χ2n) is 6.09. The van der Waals surface area contributed by atoms with Gasteiger partial charge in [0.2, 0.25) is 0 Å². The summed E-state index contributed by atoms with van der Waals surface area (Å²) in [6.45, 7) is 9.12. The first-order valence-electron chi connectivity index (χ1n) is 7.14. The van der Waals surface area contributed by atoms with Crippen LogP contribution in [-0.2, 0) is 11.2 Å². The lowest BCUT2D eigenvalue weighted by molar-refractivity contribution is -0.118. The Balaban J connectivity index is 2.18. The van der Waals surface area contributed by atoms with Crippen molar-refractivity contribution < 1.29 is 9.53 Å². The van der Waals surface area contributed by atoms with Gasteiger partial charge in [0.1, 0.15) is 0 Å². The Kier molecular flexibility index (Phi) is 4.04. The van der Waals surface area contributed by atoms with Crippen LogP contribution in [0.5, 0.6) is 0 Å². The first kappa shape index (κ1) is 14.8. The van der Waals surface area contributed by atoms with Gasteiger partial charge in [0.15, 0.2) is 5.69 Å². The van der Waals surface area contributed by atoms with Crippen LogP contribution in [0.25, 0.3) is 0 Å². The molecule has 0 spiro atoms. The van der Waals surface area contributed by atoms with E-state index in [1.807, 2.05) is 20.8 Å². The average Bonchev–Trinajstić information content (AvgIpc) is 2.68. The van der Waals surface area contributed by atoms with Crippen LogP contribution in [0.2, 0.25) is 0 Å². The van der Waals surface area contributed by atoms with E-state index in [0.29, 0.717) is 24.5 Å². The van der Waals surface area contributed by atoms with Gasteiger partial charge in [-0.25, -0.2) is 0 Å². The zero-order chi connectivity index (χ0) is 14.9. The lowest BCUT2D eigenvalue weighted by atomic mass is 10.0. The Morgan fingerprint density at radius 3 is 2.90 bits per heavy atom.